The van der Waals surface area contributed by atoms with Crippen molar-refractivity contribution in [3.8, 4) is 0 Å². The van der Waals surface area contributed by atoms with Gasteiger partial charge in [0.1, 0.15) is 0 Å². The number of rotatable bonds is 0. The molecule has 1 aromatic heterocycles. The zero-order valence-electron chi connectivity index (χ0n) is 9.60. The Morgan fingerprint density at radius 1 is 0.786 bits per heavy atom. The molecule has 2 aromatic rings. The van der Waals surface area contributed by atoms with Crippen LogP contribution in [-0.2, 0) is 7.05 Å². The standard InChI is InChI=1S/C13H17N/c1-8-6-7-9(2)13-11(4)14(5)10(3)12(8)13/h6-7H,1-5H3. The van der Waals surface area contributed by atoms with Crippen molar-refractivity contribution in [1.82, 2.24) is 4.57 Å². The van der Waals surface area contributed by atoms with E-state index in [2.05, 4.69) is 51.4 Å². The SMILES string of the molecule is Cc1ccc(C)c2c(C)n(C)c(C)c12. The smallest absolute Gasteiger partial charge is 0.0224 e. The van der Waals surface area contributed by atoms with Crippen LogP contribution in [-0.4, -0.2) is 4.57 Å². The minimum Gasteiger partial charge on any atom is -0.351 e. The van der Waals surface area contributed by atoms with E-state index in [-0.39, 0.29) is 0 Å². The van der Waals surface area contributed by atoms with Crippen molar-refractivity contribution in [3.05, 3.63) is 34.6 Å². The summed E-state index contributed by atoms with van der Waals surface area (Å²) in [5, 5.41) is 2.87. The van der Waals surface area contributed by atoms with Gasteiger partial charge in [0.25, 0.3) is 0 Å². The molecule has 1 nitrogen and oxygen atoms in total. The van der Waals surface area contributed by atoms with Crippen molar-refractivity contribution in [3.63, 3.8) is 0 Å². The Kier molecular flexibility index (Phi) is 1.91. The highest BCUT2D eigenvalue weighted by atomic mass is 14.9. The normalized spacial score (nSPS) is 11.2. The van der Waals surface area contributed by atoms with E-state index < -0.39 is 0 Å². The molecule has 1 heteroatoms. The Labute approximate surface area is 85.4 Å². The van der Waals surface area contributed by atoms with Gasteiger partial charge in [0.2, 0.25) is 0 Å². The van der Waals surface area contributed by atoms with Gasteiger partial charge in [0, 0.05) is 29.2 Å². The Morgan fingerprint density at radius 2 is 1.14 bits per heavy atom. The lowest BCUT2D eigenvalue weighted by Gasteiger charge is -2.01. The first kappa shape index (κ1) is 9.32. The van der Waals surface area contributed by atoms with Gasteiger partial charge in [0.05, 0.1) is 0 Å². The molecule has 0 amide bonds. The molecule has 0 bridgehead atoms. The van der Waals surface area contributed by atoms with Crippen LogP contribution in [0.4, 0.5) is 0 Å². The molecule has 0 saturated heterocycles. The fourth-order valence-electron chi connectivity index (χ4n) is 2.33. The van der Waals surface area contributed by atoms with Crippen LogP contribution < -0.4 is 0 Å². The van der Waals surface area contributed by atoms with Crippen molar-refractivity contribution >= 4 is 10.8 Å². The molecule has 0 atom stereocenters. The van der Waals surface area contributed by atoms with Crippen LogP contribution in [0, 0.1) is 27.7 Å². The minimum atomic E-state index is 1.37. The van der Waals surface area contributed by atoms with Crippen LogP contribution in [0.1, 0.15) is 22.5 Å². The van der Waals surface area contributed by atoms with E-state index in [1.165, 1.54) is 33.3 Å². The zero-order valence-corrected chi connectivity index (χ0v) is 9.60. The van der Waals surface area contributed by atoms with E-state index >= 15 is 0 Å². The van der Waals surface area contributed by atoms with Gasteiger partial charge in [0.15, 0.2) is 0 Å². The number of aryl methyl sites for hydroxylation is 4. The third-order valence-electron chi connectivity index (χ3n) is 3.35. The first-order valence-electron chi connectivity index (χ1n) is 5.06. The molecular formula is C13H17N. The maximum absolute atomic E-state index is 2.28. The highest BCUT2D eigenvalue weighted by molar-refractivity contribution is 5.93. The number of aromatic nitrogens is 1. The topological polar surface area (TPSA) is 4.93 Å². The summed E-state index contributed by atoms with van der Waals surface area (Å²) in [6, 6.07) is 4.42. The van der Waals surface area contributed by atoms with Gasteiger partial charge in [-0.3, -0.25) is 0 Å². The summed E-state index contributed by atoms with van der Waals surface area (Å²) in [5.41, 5.74) is 5.51. The molecule has 0 aliphatic carbocycles. The van der Waals surface area contributed by atoms with Crippen molar-refractivity contribution < 1.29 is 0 Å². The van der Waals surface area contributed by atoms with Crippen molar-refractivity contribution in [2.75, 3.05) is 0 Å². The average molecular weight is 187 g/mol. The van der Waals surface area contributed by atoms with E-state index in [0.717, 1.165) is 0 Å². The predicted molar refractivity (Wildman–Crippen MR) is 61.9 cm³/mol. The van der Waals surface area contributed by atoms with Crippen LogP contribution in [0.15, 0.2) is 12.1 Å². The van der Waals surface area contributed by atoms with Crippen LogP contribution >= 0.6 is 0 Å². The van der Waals surface area contributed by atoms with E-state index in [1.807, 2.05) is 0 Å². The molecule has 1 heterocycles. The summed E-state index contributed by atoms with van der Waals surface area (Å²) < 4.78 is 2.28. The summed E-state index contributed by atoms with van der Waals surface area (Å²) in [4.78, 5) is 0. The molecule has 14 heavy (non-hydrogen) atoms. The fourth-order valence-corrected chi connectivity index (χ4v) is 2.33. The Hall–Kier alpha value is -1.24. The molecule has 0 saturated carbocycles. The van der Waals surface area contributed by atoms with Crippen LogP contribution in [0.2, 0.25) is 0 Å². The second-order valence-corrected chi connectivity index (χ2v) is 4.18. The number of benzene rings is 1. The van der Waals surface area contributed by atoms with Crippen LogP contribution in [0.25, 0.3) is 10.8 Å². The summed E-state index contributed by atoms with van der Waals surface area (Å²) in [6.07, 6.45) is 0. The van der Waals surface area contributed by atoms with Gasteiger partial charge in [-0.1, -0.05) is 12.1 Å². The number of hydrogen-bond acceptors (Lipinski definition) is 0. The molecule has 0 fully saturated rings. The first-order valence-corrected chi connectivity index (χ1v) is 5.06. The van der Waals surface area contributed by atoms with E-state index in [1.54, 1.807) is 0 Å². The van der Waals surface area contributed by atoms with Crippen LogP contribution in [0.3, 0.4) is 0 Å². The quantitative estimate of drug-likeness (QED) is 0.595. The maximum atomic E-state index is 2.28. The van der Waals surface area contributed by atoms with Gasteiger partial charge < -0.3 is 4.57 Å². The minimum absolute atomic E-state index is 1.37. The second-order valence-electron chi connectivity index (χ2n) is 4.18. The highest BCUT2D eigenvalue weighted by Gasteiger charge is 2.11. The maximum Gasteiger partial charge on any atom is 0.0224 e. The van der Waals surface area contributed by atoms with Gasteiger partial charge in [-0.05, 0) is 38.8 Å². The third-order valence-corrected chi connectivity index (χ3v) is 3.35. The molecule has 1 aromatic carbocycles. The third kappa shape index (κ3) is 1.02. The molecule has 0 aliphatic heterocycles. The van der Waals surface area contributed by atoms with Crippen LogP contribution in [0.5, 0.6) is 0 Å². The summed E-state index contributed by atoms with van der Waals surface area (Å²) in [6.45, 7) is 8.77. The first-order chi connectivity index (χ1) is 6.54. The molecule has 0 aliphatic rings. The van der Waals surface area contributed by atoms with Gasteiger partial charge in [-0.15, -0.1) is 0 Å². The number of nitrogens with zero attached hydrogens (tertiary/aromatic N) is 1. The Morgan fingerprint density at radius 3 is 1.50 bits per heavy atom. The molecule has 0 N–H and O–H groups in total. The zero-order chi connectivity index (χ0) is 10.5. The molecule has 0 radical (unpaired) electrons. The molecular weight excluding hydrogens is 170 g/mol. The van der Waals surface area contributed by atoms with Gasteiger partial charge in [-0.25, -0.2) is 0 Å². The lowest BCUT2D eigenvalue weighted by atomic mass is 10.0. The molecule has 0 unspecified atom stereocenters. The highest BCUT2D eigenvalue weighted by Crippen LogP contribution is 2.29. The largest absolute Gasteiger partial charge is 0.351 e. The van der Waals surface area contributed by atoms with E-state index in [4.69, 9.17) is 0 Å². The van der Waals surface area contributed by atoms with Crippen molar-refractivity contribution in [2.45, 2.75) is 27.7 Å². The summed E-state index contributed by atoms with van der Waals surface area (Å²) >= 11 is 0. The van der Waals surface area contributed by atoms with Gasteiger partial charge >= 0.3 is 0 Å². The van der Waals surface area contributed by atoms with Gasteiger partial charge in [-0.2, -0.15) is 0 Å². The fraction of sp³-hybridized carbons (Fsp3) is 0.385. The van der Waals surface area contributed by atoms with E-state index in [0.29, 0.717) is 0 Å². The average Bonchev–Trinajstić information content (AvgIpc) is 2.38. The lowest BCUT2D eigenvalue weighted by Crippen LogP contribution is -1.92. The van der Waals surface area contributed by atoms with Crippen molar-refractivity contribution in [2.24, 2.45) is 7.05 Å². The number of hydrogen-bond donors (Lipinski definition) is 0. The lowest BCUT2D eigenvalue weighted by molar-refractivity contribution is 0.850. The Bertz CT molecular complexity index is 459. The summed E-state index contributed by atoms with van der Waals surface area (Å²) in [5.74, 6) is 0. The second kappa shape index (κ2) is 2.88. The molecule has 0 spiro atoms. The molecule has 74 valence electrons. The van der Waals surface area contributed by atoms with Crippen molar-refractivity contribution in [1.29, 1.82) is 0 Å². The molecule has 2 rings (SSSR count). The predicted octanol–water partition coefficient (Wildman–Crippen LogP) is 3.41. The Balaban J connectivity index is 3.08. The van der Waals surface area contributed by atoms with E-state index in [9.17, 15) is 0 Å². The summed E-state index contributed by atoms with van der Waals surface area (Å²) in [7, 11) is 2.14. The number of fused-ring (bicyclic) bond motifs is 1. The monoisotopic (exact) mass is 187 g/mol.